The smallest absolute Gasteiger partial charge is 0.117 e. The van der Waals surface area contributed by atoms with E-state index in [1.807, 2.05) is 23.4 Å². The van der Waals surface area contributed by atoms with Gasteiger partial charge < -0.3 is 15.2 Å². The first-order valence-electron chi connectivity index (χ1n) is 4.41. The van der Waals surface area contributed by atoms with Gasteiger partial charge in [-0.3, -0.25) is 0 Å². The van der Waals surface area contributed by atoms with Crippen LogP contribution in [-0.4, -0.2) is 17.8 Å². The molecule has 1 atom stereocenters. The number of ether oxygens (including phenoxy) is 1. The van der Waals surface area contributed by atoms with Crippen LogP contribution in [0, 0.1) is 0 Å². The number of rotatable bonds is 1. The zero-order valence-corrected chi connectivity index (χ0v) is 7.02. The minimum absolute atomic E-state index is 0.167. The fraction of sp³-hybridized carbons (Fsp3) is 0.556. The molecular weight excluding hydrogens is 152 g/mol. The average Bonchev–Trinajstić information content (AvgIpc) is 2.21. The first kappa shape index (κ1) is 7.68. The maximum absolute atomic E-state index is 5.56. The van der Waals surface area contributed by atoms with Gasteiger partial charge in [-0.25, -0.2) is 0 Å². The second-order valence-electron chi connectivity index (χ2n) is 3.00. The van der Waals surface area contributed by atoms with Gasteiger partial charge in [0.1, 0.15) is 6.23 Å². The van der Waals surface area contributed by atoms with Gasteiger partial charge in [0.25, 0.3) is 0 Å². The van der Waals surface area contributed by atoms with Crippen LogP contribution in [0.4, 0.5) is 0 Å². The van der Waals surface area contributed by atoms with E-state index in [9.17, 15) is 0 Å². The standard InChI is InChI=1S/C9H13N2O/c1-4-8-12-9(5-1)11-7-3-2-6-10-11/h2-3,6-7,9H,1,4-5,8H2/q-1. The fourth-order valence-corrected chi connectivity index (χ4v) is 1.44. The lowest BCUT2D eigenvalue weighted by Gasteiger charge is -2.43. The zero-order chi connectivity index (χ0) is 8.23. The van der Waals surface area contributed by atoms with Crippen LogP contribution in [0.2, 0.25) is 0 Å². The van der Waals surface area contributed by atoms with Gasteiger partial charge in [0, 0.05) is 6.61 Å². The second-order valence-corrected chi connectivity index (χ2v) is 3.00. The van der Waals surface area contributed by atoms with E-state index in [1.165, 1.54) is 12.8 Å². The number of allylic oxidation sites excluding steroid dienone is 2. The molecule has 0 N–H and O–H groups in total. The molecule has 0 aliphatic carbocycles. The van der Waals surface area contributed by atoms with E-state index in [-0.39, 0.29) is 6.23 Å². The molecule has 0 radical (unpaired) electrons. The van der Waals surface area contributed by atoms with E-state index in [1.54, 1.807) is 6.20 Å². The van der Waals surface area contributed by atoms with Crippen LogP contribution in [-0.2, 0) is 4.74 Å². The van der Waals surface area contributed by atoms with Crippen molar-refractivity contribution < 1.29 is 4.74 Å². The SMILES string of the molecule is C1=C[N-]N(C2CCCCO2)C=C1. The minimum Gasteiger partial charge on any atom is -0.599 e. The zero-order valence-electron chi connectivity index (χ0n) is 7.02. The van der Waals surface area contributed by atoms with E-state index in [2.05, 4.69) is 5.43 Å². The van der Waals surface area contributed by atoms with Crippen molar-refractivity contribution in [1.82, 2.24) is 5.01 Å². The fourth-order valence-electron chi connectivity index (χ4n) is 1.44. The Labute approximate surface area is 72.7 Å². The first-order valence-corrected chi connectivity index (χ1v) is 4.41. The van der Waals surface area contributed by atoms with Crippen molar-refractivity contribution >= 4 is 0 Å². The molecule has 0 amide bonds. The lowest BCUT2D eigenvalue weighted by molar-refractivity contribution is -0.0516. The predicted molar refractivity (Wildman–Crippen MR) is 47.1 cm³/mol. The predicted octanol–water partition coefficient (Wildman–Crippen LogP) is 2.14. The number of nitrogens with zero attached hydrogens (tertiary/aromatic N) is 2. The van der Waals surface area contributed by atoms with Crippen LogP contribution in [0.15, 0.2) is 24.6 Å². The molecule has 2 rings (SSSR count). The van der Waals surface area contributed by atoms with Gasteiger partial charge in [0.15, 0.2) is 0 Å². The van der Waals surface area contributed by atoms with Gasteiger partial charge in [-0.05, 0) is 31.5 Å². The summed E-state index contributed by atoms with van der Waals surface area (Å²) in [6.07, 6.45) is 11.3. The highest BCUT2D eigenvalue weighted by molar-refractivity contribution is 5.16. The molecule has 0 aromatic heterocycles. The van der Waals surface area contributed by atoms with Crippen LogP contribution in [0.25, 0.3) is 5.43 Å². The van der Waals surface area contributed by atoms with E-state index >= 15 is 0 Å². The molecule has 1 fully saturated rings. The number of hydrogen-bond acceptors (Lipinski definition) is 2. The van der Waals surface area contributed by atoms with Crippen LogP contribution >= 0.6 is 0 Å². The van der Waals surface area contributed by atoms with E-state index in [0.29, 0.717) is 0 Å². The lowest BCUT2D eigenvalue weighted by atomic mass is 10.2. The van der Waals surface area contributed by atoms with E-state index in [0.717, 1.165) is 13.0 Å². The van der Waals surface area contributed by atoms with Crippen molar-refractivity contribution in [1.29, 1.82) is 0 Å². The summed E-state index contributed by atoms with van der Waals surface area (Å²) < 4.78 is 5.56. The third kappa shape index (κ3) is 1.61. The highest BCUT2D eigenvalue weighted by Gasteiger charge is 2.14. The maximum Gasteiger partial charge on any atom is 0.117 e. The van der Waals surface area contributed by atoms with Crippen molar-refractivity contribution in [3.05, 3.63) is 30.0 Å². The van der Waals surface area contributed by atoms with Crippen molar-refractivity contribution in [2.75, 3.05) is 6.61 Å². The van der Waals surface area contributed by atoms with Crippen LogP contribution in [0.5, 0.6) is 0 Å². The van der Waals surface area contributed by atoms with E-state index in [4.69, 9.17) is 4.74 Å². The molecular formula is C9H13N2O-. The average molecular weight is 165 g/mol. The molecule has 0 aromatic carbocycles. The lowest BCUT2D eigenvalue weighted by Crippen LogP contribution is -2.32. The van der Waals surface area contributed by atoms with E-state index < -0.39 is 0 Å². The highest BCUT2D eigenvalue weighted by Crippen LogP contribution is 2.21. The third-order valence-electron chi connectivity index (χ3n) is 2.09. The van der Waals surface area contributed by atoms with Crippen molar-refractivity contribution in [2.24, 2.45) is 0 Å². The second kappa shape index (κ2) is 3.63. The van der Waals surface area contributed by atoms with Crippen molar-refractivity contribution in [3.63, 3.8) is 0 Å². The summed E-state index contributed by atoms with van der Waals surface area (Å²) in [5, 5.41) is 1.89. The summed E-state index contributed by atoms with van der Waals surface area (Å²) in [6.45, 7) is 0.869. The van der Waals surface area contributed by atoms with Crippen LogP contribution in [0.1, 0.15) is 19.3 Å². The molecule has 2 aliphatic heterocycles. The summed E-state index contributed by atoms with van der Waals surface area (Å²) in [7, 11) is 0. The quantitative estimate of drug-likeness (QED) is 0.595. The normalized spacial score (nSPS) is 28.7. The Morgan fingerprint density at radius 1 is 1.33 bits per heavy atom. The molecule has 3 nitrogen and oxygen atoms in total. The molecule has 2 heterocycles. The Balaban J connectivity index is 1.90. The Bertz CT molecular complexity index is 195. The largest absolute Gasteiger partial charge is 0.599 e. The van der Waals surface area contributed by atoms with Crippen LogP contribution < -0.4 is 0 Å². The summed E-state index contributed by atoms with van der Waals surface area (Å²) in [4.78, 5) is 0. The Morgan fingerprint density at radius 3 is 3.00 bits per heavy atom. The summed E-state index contributed by atoms with van der Waals surface area (Å²) in [5.74, 6) is 0. The molecule has 12 heavy (non-hydrogen) atoms. The Morgan fingerprint density at radius 2 is 2.33 bits per heavy atom. The molecule has 1 saturated heterocycles. The third-order valence-corrected chi connectivity index (χ3v) is 2.09. The molecule has 0 saturated carbocycles. The molecule has 2 aliphatic rings. The highest BCUT2D eigenvalue weighted by atomic mass is 16.5. The molecule has 0 aromatic rings. The summed E-state index contributed by atoms with van der Waals surface area (Å²) >= 11 is 0. The van der Waals surface area contributed by atoms with Gasteiger partial charge in [0.2, 0.25) is 0 Å². The summed E-state index contributed by atoms with van der Waals surface area (Å²) in [6, 6.07) is 0. The van der Waals surface area contributed by atoms with Crippen molar-refractivity contribution in [3.8, 4) is 0 Å². The number of hydrogen-bond donors (Lipinski definition) is 0. The van der Waals surface area contributed by atoms with Gasteiger partial charge >= 0.3 is 0 Å². The van der Waals surface area contributed by atoms with Crippen LogP contribution in [0.3, 0.4) is 0 Å². The molecule has 0 bridgehead atoms. The first-order chi connectivity index (χ1) is 5.97. The minimum atomic E-state index is 0.167. The monoisotopic (exact) mass is 165 g/mol. The maximum atomic E-state index is 5.56. The molecule has 1 unspecified atom stereocenters. The van der Waals surface area contributed by atoms with Gasteiger partial charge in [-0.15, -0.1) is 0 Å². The topological polar surface area (TPSA) is 26.6 Å². The molecule has 66 valence electrons. The van der Waals surface area contributed by atoms with Gasteiger partial charge in [-0.1, -0.05) is 6.08 Å². The van der Waals surface area contributed by atoms with Crippen molar-refractivity contribution in [2.45, 2.75) is 25.5 Å². The van der Waals surface area contributed by atoms with Gasteiger partial charge in [0.05, 0.1) is 0 Å². The molecule has 0 spiro atoms. The van der Waals surface area contributed by atoms with Gasteiger partial charge in [-0.2, -0.15) is 6.20 Å². The Hall–Kier alpha value is -0.960. The molecule has 3 heteroatoms. The Kier molecular flexibility index (Phi) is 2.32. The summed E-state index contributed by atoms with van der Waals surface area (Å²) in [5.41, 5.74) is 4.19.